The summed E-state index contributed by atoms with van der Waals surface area (Å²) in [6.07, 6.45) is 2.97. The topological polar surface area (TPSA) is 116 Å². The average Bonchev–Trinajstić information content (AvgIpc) is 3.22. The zero-order chi connectivity index (χ0) is 20.1. The summed E-state index contributed by atoms with van der Waals surface area (Å²) in [6, 6.07) is 8.81. The van der Waals surface area contributed by atoms with Crippen LogP contribution >= 0.6 is 0 Å². The van der Waals surface area contributed by atoms with Crippen LogP contribution in [0.25, 0.3) is 0 Å². The van der Waals surface area contributed by atoms with Crippen LogP contribution in [0, 0.1) is 11.3 Å². The molecule has 1 aromatic heterocycles. The molecule has 9 heteroatoms. The van der Waals surface area contributed by atoms with Crippen molar-refractivity contribution in [2.45, 2.75) is 43.5 Å². The molecule has 8 nitrogen and oxygen atoms in total. The number of piperidine rings is 1. The molecule has 1 unspecified atom stereocenters. The fourth-order valence-corrected chi connectivity index (χ4v) is 4.86. The van der Waals surface area contributed by atoms with Crippen LogP contribution in [0.15, 0.2) is 39.8 Å². The molecule has 1 amide bonds. The lowest BCUT2D eigenvalue weighted by molar-refractivity contribution is 0.0944. The van der Waals surface area contributed by atoms with Crippen molar-refractivity contribution in [3.8, 4) is 6.07 Å². The van der Waals surface area contributed by atoms with Crippen molar-refractivity contribution in [3.05, 3.63) is 47.3 Å². The van der Waals surface area contributed by atoms with Crippen LogP contribution in [0.3, 0.4) is 0 Å². The first kappa shape index (κ1) is 20.0. The number of nitrogens with one attached hydrogen (secondary N) is 1. The van der Waals surface area contributed by atoms with Gasteiger partial charge < -0.3 is 9.84 Å². The summed E-state index contributed by atoms with van der Waals surface area (Å²) < 4.78 is 33.0. The number of aromatic nitrogens is 1. The molecule has 0 bridgehead atoms. The van der Waals surface area contributed by atoms with Crippen molar-refractivity contribution in [1.29, 1.82) is 5.26 Å². The number of nitriles is 1. The molecule has 1 fully saturated rings. The maximum absolute atomic E-state index is 13.2. The molecule has 1 N–H and O–H groups in total. The first-order valence-corrected chi connectivity index (χ1v) is 10.7. The summed E-state index contributed by atoms with van der Waals surface area (Å²) in [6.45, 7) is 2.83. The molecular formula is C19H22N4O4S. The predicted molar refractivity (Wildman–Crippen MR) is 101 cm³/mol. The summed E-state index contributed by atoms with van der Waals surface area (Å²) in [5.41, 5.74) is 0.539. The van der Waals surface area contributed by atoms with Gasteiger partial charge in [0.05, 0.1) is 22.6 Å². The van der Waals surface area contributed by atoms with E-state index < -0.39 is 16.1 Å². The largest absolute Gasteiger partial charge is 0.359 e. The number of benzene rings is 1. The molecule has 28 heavy (non-hydrogen) atoms. The van der Waals surface area contributed by atoms with Gasteiger partial charge in [0.2, 0.25) is 10.0 Å². The van der Waals surface area contributed by atoms with Gasteiger partial charge in [-0.1, -0.05) is 18.5 Å². The van der Waals surface area contributed by atoms with Crippen LogP contribution in [0.1, 0.15) is 60.5 Å². The highest BCUT2D eigenvalue weighted by atomic mass is 32.2. The number of nitrogens with zero attached hydrogens (tertiary/aromatic N) is 3. The van der Waals surface area contributed by atoms with Gasteiger partial charge in [0.15, 0.2) is 11.5 Å². The summed E-state index contributed by atoms with van der Waals surface area (Å²) in [5.74, 6) is 0.0210. The number of rotatable bonds is 6. The SMILES string of the molecule is CCCNC(=O)c1cc(C2CCCCN2S(=O)(=O)c2ccc(C#N)cc2)on1. The van der Waals surface area contributed by atoms with E-state index in [0.29, 0.717) is 30.8 Å². The second kappa shape index (κ2) is 8.54. The molecule has 1 aromatic carbocycles. The first-order chi connectivity index (χ1) is 13.5. The molecule has 3 rings (SSSR count). The Bertz CT molecular complexity index is 976. The molecule has 0 aliphatic carbocycles. The number of hydrogen-bond donors (Lipinski definition) is 1. The minimum absolute atomic E-state index is 0.124. The Kier molecular flexibility index (Phi) is 6.11. The maximum atomic E-state index is 13.2. The van der Waals surface area contributed by atoms with E-state index in [2.05, 4.69) is 10.5 Å². The summed E-state index contributed by atoms with van der Waals surface area (Å²) in [5, 5.41) is 15.4. The highest BCUT2D eigenvalue weighted by molar-refractivity contribution is 7.89. The standard InChI is InChI=1S/C19H22N4O4S/c1-2-10-21-19(24)16-12-18(27-22-16)17-5-3-4-11-23(17)28(25,26)15-8-6-14(13-20)7-9-15/h6-9,12,17H,2-5,10-11H2,1H3,(H,21,24). The van der Waals surface area contributed by atoms with Crippen LogP contribution in [-0.2, 0) is 10.0 Å². The van der Waals surface area contributed by atoms with Gasteiger partial charge in [0.25, 0.3) is 5.91 Å². The van der Waals surface area contributed by atoms with Crippen LogP contribution in [0.4, 0.5) is 0 Å². The zero-order valence-electron chi connectivity index (χ0n) is 15.6. The Hall–Kier alpha value is -2.70. The van der Waals surface area contributed by atoms with Crippen molar-refractivity contribution in [3.63, 3.8) is 0 Å². The van der Waals surface area contributed by atoms with E-state index in [1.807, 2.05) is 13.0 Å². The first-order valence-electron chi connectivity index (χ1n) is 9.24. The lowest BCUT2D eigenvalue weighted by Gasteiger charge is -2.33. The average molecular weight is 402 g/mol. The maximum Gasteiger partial charge on any atom is 0.273 e. The highest BCUT2D eigenvalue weighted by Gasteiger charge is 2.37. The third kappa shape index (κ3) is 4.08. The van der Waals surface area contributed by atoms with E-state index in [4.69, 9.17) is 9.78 Å². The highest BCUT2D eigenvalue weighted by Crippen LogP contribution is 2.35. The molecular weight excluding hydrogens is 380 g/mol. The van der Waals surface area contributed by atoms with Crippen molar-refractivity contribution in [2.75, 3.05) is 13.1 Å². The van der Waals surface area contributed by atoms with Crippen molar-refractivity contribution in [1.82, 2.24) is 14.8 Å². The Morgan fingerprint density at radius 3 is 2.79 bits per heavy atom. The lowest BCUT2D eigenvalue weighted by atomic mass is 10.0. The van der Waals surface area contributed by atoms with Gasteiger partial charge in [-0.25, -0.2) is 8.42 Å². The van der Waals surface area contributed by atoms with Crippen LogP contribution in [-0.4, -0.2) is 36.9 Å². The molecule has 1 aliphatic heterocycles. The fourth-order valence-electron chi connectivity index (χ4n) is 3.20. The van der Waals surface area contributed by atoms with Crippen LogP contribution < -0.4 is 5.32 Å². The predicted octanol–water partition coefficient (Wildman–Crippen LogP) is 2.60. The molecule has 2 aromatic rings. The minimum Gasteiger partial charge on any atom is -0.359 e. The molecule has 0 spiro atoms. The van der Waals surface area contributed by atoms with Crippen molar-refractivity contribution < 1.29 is 17.7 Å². The molecule has 1 atom stereocenters. The normalized spacial score (nSPS) is 17.8. The van der Waals surface area contributed by atoms with E-state index in [-0.39, 0.29) is 16.5 Å². The molecule has 1 saturated heterocycles. The minimum atomic E-state index is -3.77. The monoisotopic (exact) mass is 402 g/mol. The third-order valence-electron chi connectivity index (χ3n) is 4.67. The summed E-state index contributed by atoms with van der Waals surface area (Å²) in [4.78, 5) is 12.2. The Balaban J connectivity index is 1.87. The third-order valence-corrected chi connectivity index (χ3v) is 6.59. The number of amides is 1. The van der Waals surface area contributed by atoms with E-state index in [0.717, 1.165) is 19.3 Å². The fraction of sp³-hybridized carbons (Fsp3) is 0.421. The summed E-state index contributed by atoms with van der Waals surface area (Å²) >= 11 is 0. The van der Waals surface area contributed by atoms with Gasteiger partial charge in [-0.2, -0.15) is 9.57 Å². The number of hydrogen-bond acceptors (Lipinski definition) is 6. The Labute approximate surface area is 164 Å². The Morgan fingerprint density at radius 2 is 2.11 bits per heavy atom. The smallest absolute Gasteiger partial charge is 0.273 e. The van der Waals surface area contributed by atoms with E-state index >= 15 is 0 Å². The van der Waals surface area contributed by atoms with Gasteiger partial charge >= 0.3 is 0 Å². The molecule has 148 valence electrons. The lowest BCUT2D eigenvalue weighted by Crippen LogP contribution is -2.38. The quantitative estimate of drug-likeness (QED) is 0.794. The van der Waals surface area contributed by atoms with Gasteiger partial charge in [0.1, 0.15) is 0 Å². The molecule has 2 heterocycles. The molecule has 0 saturated carbocycles. The molecule has 0 radical (unpaired) electrons. The van der Waals surface area contributed by atoms with Crippen LogP contribution in [0.5, 0.6) is 0 Å². The van der Waals surface area contributed by atoms with Crippen molar-refractivity contribution >= 4 is 15.9 Å². The summed E-state index contributed by atoms with van der Waals surface area (Å²) in [7, 11) is -3.77. The zero-order valence-corrected chi connectivity index (χ0v) is 16.4. The van der Waals surface area contributed by atoms with Gasteiger partial charge in [-0.15, -0.1) is 0 Å². The van der Waals surface area contributed by atoms with E-state index in [9.17, 15) is 13.2 Å². The molecule has 1 aliphatic rings. The van der Waals surface area contributed by atoms with Gasteiger partial charge in [0, 0.05) is 19.2 Å². The van der Waals surface area contributed by atoms with Gasteiger partial charge in [-0.3, -0.25) is 4.79 Å². The number of carbonyl (C=O) groups excluding carboxylic acids is 1. The second-order valence-electron chi connectivity index (χ2n) is 6.63. The van der Waals surface area contributed by atoms with E-state index in [1.165, 1.54) is 34.6 Å². The Morgan fingerprint density at radius 1 is 1.36 bits per heavy atom. The van der Waals surface area contributed by atoms with Gasteiger partial charge in [-0.05, 0) is 43.5 Å². The number of carbonyl (C=O) groups is 1. The number of sulfonamides is 1. The second-order valence-corrected chi connectivity index (χ2v) is 8.52. The van der Waals surface area contributed by atoms with Crippen LogP contribution in [0.2, 0.25) is 0 Å². The van der Waals surface area contributed by atoms with E-state index in [1.54, 1.807) is 0 Å². The van der Waals surface area contributed by atoms with Crippen molar-refractivity contribution in [2.24, 2.45) is 0 Å².